The molecule has 3 amide bonds. The van der Waals surface area contributed by atoms with Gasteiger partial charge in [-0.3, -0.25) is 14.4 Å². The molecule has 1 saturated carbocycles. The van der Waals surface area contributed by atoms with Crippen LogP contribution in [-0.4, -0.2) is 76.1 Å². The summed E-state index contributed by atoms with van der Waals surface area (Å²) in [7, 11) is 0. The van der Waals surface area contributed by atoms with Crippen LogP contribution in [0.5, 0.6) is 5.75 Å². The van der Waals surface area contributed by atoms with Crippen LogP contribution in [0.4, 0.5) is 5.69 Å². The summed E-state index contributed by atoms with van der Waals surface area (Å²) in [6.07, 6.45) is 5.49. The van der Waals surface area contributed by atoms with Gasteiger partial charge in [0.1, 0.15) is 17.4 Å². The number of aliphatic hydroxyl groups is 1. The lowest BCUT2D eigenvalue weighted by Gasteiger charge is -2.35. The van der Waals surface area contributed by atoms with Gasteiger partial charge in [-0.1, -0.05) is 35.2 Å². The Hall–Kier alpha value is -2.17. The predicted molar refractivity (Wildman–Crippen MR) is 140 cm³/mol. The Labute approximate surface area is 225 Å². The van der Waals surface area contributed by atoms with Crippen LogP contribution < -0.4 is 15.4 Å². The number of likely N-dealkylation sites (tertiary alicyclic amines) is 1. The monoisotopic (exact) mass is 577 g/mol. The van der Waals surface area contributed by atoms with Crippen molar-refractivity contribution in [1.29, 1.82) is 0 Å². The smallest absolute Gasteiger partial charge is 0.246 e. The second-order valence-corrected chi connectivity index (χ2v) is 11.7. The van der Waals surface area contributed by atoms with Crippen molar-refractivity contribution < 1.29 is 29.0 Å². The van der Waals surface area contributed by atoms with E-state index in [1.165, 1.54) is 6.42 Å². The van der Waals surface area contributed by atoms with Crippen LogP contribution in [-0.2, 0) is 19.1 Å². The first-order chi connectivity index (χ1) is 17.9. The predicted octanol–water partition coefficient (Wildman–Crippen LogP) is 2.60. The van der Waals surface area contributed by atoms with Crippen molar-refractivity contribution >= 4 is 39.3 Å². The topological polar surface area (TPSA) is 117 Å². The van der Waals surface area contributed by atoms with E-state index < -0.39 is 29.6 Å². The zero-order valence-corrected chi connectivity index (χ0v) is 22.7. The Balaban J connectivity index is 1.41. The van der Waals surface area contributed by atoms with Crippen molar-refractivity contribution in [3.8, 4) is 5.75 Å². The lowest BCUT2D eigenvalue weighted by molar-refractivity contribution is -0.142. The largest absolute Gasteiger partial charge is 0.494 e. The van der Waals surface area contributed by atoms with Gasteiger partial charge in [-0.25, -0.2) is 0 Å². The van der Waals surface area contributed by atoms with E-state index in [1.807, 2.05) is 6.92 Å². The summed E-state index contributed by atoms with van der Waals surface area (Å²) in [5.41, 5.74) is -0.476. The number of amides is 3. The quantitative estimate of drug-likeness (QED) is 0.388. The maximum atomic E-state index is 13.8. The molecule has 2 bridgehead atoms. The molecule has 0 aromatic heterocycles. The second kappa shape index (κ2) is 10.9. The number of anilines is 1. The highest BCUT2D eigenvalue weighted by Gasteiger charge is 2.76. The van der Waals surface area contributed by atoms with Gasteiger partial charge >= 0.3 is 0 Å². The van der Waals surface area contributed by atoms with Gasteiger partial charge in [-0.05, 0) is 56.9 Å². The summed E-state index contributed by atoms with van der Waals surface area (Å²) in [6.45, 7) is 2.60. The van der Waals surface area contributed by atoms with Gasteiger partial charge < -0.3 is 30.1 Å². The van der Waals surface area contributed by atoms with Crippen LogP contribution in [0.1, 0.15) is 51.9 Å². The lowest BCUT2D eigenvalue weighted by Crippen LogP contribution is -2.57. The Kier molecular flexibility index (Phi) is 7.79. The highest BCUT2D eigenvalue weighted by atomic mass is 79.9. The van der Waals surface area contributed by atoms with Gasteiger partial charge in [0.25, 0.3) is 0 Å². The number of carbonyl (C=O) groups is 3. The first-order valence-electron chi connectivity index (χ1n) is 13.5. The molecule has 1 aromatic rings. The normalized spacial score (nSPS) is 32.9. The van der Waals surface area contributed by atoms with E-state index in [-0.39, 0.29) is 41.7 Å². The lowest BCUT2D eigenvalue weighted by atomic mass is 9.70. The fourth-order valence-corrected chi connectivity index (χ4v) is 7.71. The van der Waals surface area contributed by atoms with Crippen molar-refractivity contribution in [1.82, 2.24) is 10.2 Å². The molecule has 4 aliphatic rings. The van der Waals surface area contributed by atoms with E-state index >= 15 is 0 Å². The van der Waals surface area contributed by atoms with Gasteiger partial charge in [-0.15, -0.1) is 0 Å². The molecule has 0 radical (unpaired) electrons. The molecule has 3 heterocycles. The van der Waals surface area contributed by atoms with Gasteiger partial charge in [0.15, 0.2) is 0 Å². The number of ether oxygens (including phenoxy) is 2. The third-order valence-corrected chi connectivity index (χ3v) is 9.13. The SMILES string of the molecule is CCOc1ccc(NC(=O)[C@H]2[C@H]3C(=O)N(CCCO)C(C(=O)NC4CCCCC4)C34CC(Br)[C@@H]2O4)cc1. The number of aliphatic hydroxyl groups excluding tert-OH is 1. The number of benzene rings is 1. The molecule has 5 rings (SSSR count). The number of fused-ring (bicyclic) bond motifs is 1. The number of hydrogen-bond acceptors (Lipinski definition) is 6. The van der Waals surface area contributed by atoms with Crippen LogP contribution >= 0.6 is 15.9 Å². The molecule has 4 fully saturated rings. The number of rotatable bonds is 9. The first kappa shape index (κ1) is 26.4. The molecule has 3 aliphatic heterocycles. The van der Waals surface area contributed by atoms with Crippen molar-refractivity contribution in [2.75, 3.05) is 25.1 Å². The summed E-state index contributed by atoms with van der Waals surface area (Å²) in [4.78, 5) is 42.6. The summed E-state index contributed by atoms with van der Waals surface area (Å²) in [6, 6.07) is 6.36. The van der Waals surface area contributed by atoms with E-state index in [0.717, 1.165) is 25.7 Å². The molecule has 3 saturated heterocycles. The number of halogens is 1. The fraction of sp³-hybridized carbons (Fsp3) is 0.667. The molecule has 37 heavy (non-hydrogen) atoms. The summed E-state index contributed by atoms with van der Waals surface area (Å²) >= 11 is 3.69. The Morgan fingerprint density at radius 3 is 2.59 bits per heavy atom. The molecule has 6 atom stereocenters. The number of hydrogen-bond donors (Lipinski definition) is 3. The third-order valence-electron chi connectivity index (χ3n) is 8.28. The summed E-state index contributed by atoms with van der Waals surface area (Å²) in [5.74, 6) is -1.54. The Morgan fingerprint density at radius 2 is 1.92 bits per heavy atom. The summed E-state index contributed by atoms with van der Waals surface area (Å²) < 4.78 is 12.0. The Morgan fingerprint density at radius 1 is 1.19 bits per heavy atom. The van der Waals surface area contributed by atoms with Crippen LogP contribution in [0.3, 0.4) is 0 Å². The molecule has 202 valence electrons. The van der Waals surface area contributed by atoms with Crippen LogP contribution in [0.25, 0.3) is 0 Å². The molecule has 1 spiro atoms. The average molecular weight is 579 g/mol. The minimum atomic E-state index is -1.08. The van der Waals surface area contributed by atoms with Gasteiger partial charge in [0.2, 0.25) is 17.7 Å². The van der Waals surface area contributed by atoms with E-state index in [4.69, 9.17) is 9.47 Å². The van der Waals surface area contributed by atoms with Crippen LogP contribution in [0.2, 0.25) is 0 Å². The fourth-order valence-electron chi connectivity index (χ4n) is 6.77. The van der Waals surface area contributed by atoms with E-state index in [0.29, 0.717) is 30.9 Å². The number of nitrogens with zero attached hydrogens (tertiary/aromatic N) is 1. The Bertz CT molecular complexity index is 1020. The van der Waals surface area contributed by atoms with Crippen molar-refractivity contribution in [2.24, 2.45) is 11.8 Å². The molecular formula is C27H36BrN3O6. The van der Waals surface area contributed by atoms with Crippen molar-refractivity contribution in [3.05, 3.63) is 24.3 Å². The molecular weight excluding hydrogens is 542 g/mol. The second-order valence-electron chi connectivity index (χ2n) is 10.6. The molecule has 10 heteroatoms. The molecule has 3 N–H and O–H groups in total. The van der Waals surface area contributed by atoms with Gasteiger partial charge in [0, 0.05) is 29.7 Å². The number of carbonyl (C=O) groups excluding carboxylic acids is 3. The van der Waals surface area contributed by atoms with Gasteiger partial charge in [-0.2, -0.15) is 0 Å². The number of nitrogens with one attached hydrogen (secondary N) is 2. The zero-order chi connectivity index (χ0) is 26.2. The van der Waals surface area contributed by atoms with Gasteiger partial charge in [0.05, 0.1) is 24.5 Å². The van der Waals surface area contributed by atoms with E-state index in [2.05, 4.69) is 26.6 Å². The van der Waals surface area contributed by atoms with Crippen molar-refractivity contribution in [2.45, 2.75) is 80.5 Å². The summed E-state index contributed by atoms with van der Waals surface area (Å²) in [5, 5.41) is 15.6. The molecule has 9 nitrogen and oxygen atoms in total. The first-order valence-corrected chi connectivity index (χ1v) is 14.4. The third kappa shape index (κ3) is 4.76. The number of alkyl halides is 1. The standard InChI is InChI=1S/C27H36BrN3O6/c1-2-36-18-11-9-17(10-12-18)29-24(33)20-21-26(35)31(13-6-14-32)23(27(21)15-19(28)22(20)37-27)25(34)30-16-7-4-3-5-8-16/h9-12,16,19-23,32H,2-8,13-15H2,1H3,(H,29,33)(H,30,34)/t19?,20-,21-,22-,23?,27?/m0/s1. The highest BCUT2D eigenvalue weighted by Crippen LogP contribution is 2.60. The van der Waals surface area contributed by atoms with Crippen LogP contribution in [0, 0.1) is 11.8 Å². The van der Waals surface area contributed by atoms with E-state index in [9.17, 15) is 19.5 Å². The minimum Gasteiger partial charge on any atom is -0.494 e. The average Bonchev–Trinajstić information content (AvgIpc) is 3.48. The maximum absolute atomic E-state index is 13.8. The molecule has 3 unspecified atom stereocenters. The van der Waals surface area contributed by atoms with E-state index in [1.54, 1.807) is 29.2 Å². The minimum absolute atomic E-state index is 0.0867. The van der Waals surface area contributed by atoms with Crippen molar-refractivity contribution in [3.63, 3.8) is 0 Å². The molecule has 1 aliphatic carbocycles. The maximum Gasteiger partial charge on any atom is 0.246 e. The molecule has 1 aromatic carbocycles. The van der Waals surface area contributed by atoms with Crippen LogP contribution in [0.15, 0.2) is 24.3 Å². The zero-order valence-electron chi connectivity index (χ0n) is 21.2. The highest BCUT2D eigenvalue weighted by molar-refractivity contribution is 9.09.